The van der Waals surface area contributed by atoms with Crippen molar-refractivity contribution in [2.45, 2.75) is 38.3 Å². The summed E-state index contributed by atoms with van der Waals surface area (Å²) in [6, 6.07) is 23.1. The number of ether oxygens (including phenoxy) is 1. The number of hydrogen-bond donors (Lipinski definition) is 1. The summed E-state index contributed by atoms with van der Waals surface area (Å²) in [5.74, 6) is 0.937. The first-order valence-electron chi connectivity index (χ1n) is 11.0. The van der Waals surface area contributed by atoms with E-state index in [2.05, 4.69) is 11.4 Å². The molecule has 0 heterocycles. The Morgan fingerprint density at radius 3 is 2.30 bits per heavy atom. The lowest BCUT2D eigenvalue weighted by Crippen LogP contribution is -2.49. The van der Waals surface area contributed by atoms with Crippen LogP contribution in [0.4, 0.5) is 5.69 Å². The van der Waals surface area contributed by atoms with Crippen molar-refractivity contribution in [2.75, 3.05) is 10.6 Å². The maximum Gasteiger partial charge on any atom is 0.244 e. The first-order valence-corrected chi connectivity index (χ1v) is 12.9. The van der Waals surface area contributed by atoms with E-state index in [1.165, 1.54) is 5.56 Å². The topological polar surface area (TPSA) is 75.7 Å². The van der Waals surface area contributed by atoms with Gasteiger partial charge >= 0.3 is 0 Å². The summed E-state index contributed by atoms with van der Waals surface area (Å²) >= 11 is 0. The molecule has 1 aliphatic carbocycles. The summed E-state index contributed by atoms with van der Waals surface area (Å²) in [4.78, 5) is 13.1. The van der Waals surface area contributed by atoms with E-state index in [1.54, 1.807) is 31.2 Å². The number of carbonyl (C=O) groups excluding carboxylic acids is 1. The summed E-state index contributed by atoms with van der Waals surface area (Å²) < 4.78 is 32.3. The molecule has 3 aromatic carbocycles. The molecular formula is C26H28N2O4S. The van der Waals surface area contributed by atoms with Gasteiger partial charge in [-0.3, -0.25) is 9.10 Å². The number of rotatable bonds is 7. The number of nitrogens with zero attached hydrogens (tertiary/aromatic N) is 1. The molecule has 1 amide bonds. The molecule has 172 valence electrons. The van der Waals surface area contributed by atoms with Gasteiger partial charge in [0.2, 0.25) is 15.9 Å². The number of para-hydroxylation sites is 1. The fraction of sp³-hybridized carbons (Fsp3) is 0.269. The number of fused-ring (bicyclic) bond motifs is 1. The van der Waals surface area contributed by atoms with E-state index in [0.717, 1.165) is 35.4 Å². The second kappa shape index (κ2) is 9.67. The molecule has 7 heteroatoms. The Labute approximate surface area is 195 Å². The van der Waals surface area contributed by atoms with Crippen LogP contribution in [0.2, 0.25) is 0 Å². The fourth-order valence-corrected chi connectivity index (χ4v) is 5.47. The molecule has 0 radical (unpaired) electrons. The molecule has 2 atom stereocenters. The monoisotopic (exact) mass is 464 g/mol. The normalized spacial score (nSPS) is 16.4. The van der Waals surface area contributed by atoms with Crippen LogP contribution in [-0.2, 0) is 21.2 Å². The fourth-order valence-electron chi connectivity index (χ4n) is 4.29. The van der Waals surface area contributed by atoms with Crippen LogP contribution in [-0.4, -0.2) is 26.6 Å². The number of hydrogen-bond acceptors (Lipinski definition) is 4. The van der Waals surface area contributed by atoms with Crippen LogP contribution in [0.1, 0.15) is 36.9 Å². The van der Waals surface area contributed by atoms with Gasteiger partial charge in [0.25, 0.3) is 0 Å². The van der Waals surface area contributed by atoms with Gasteiger partial charge in [-0.05, 0) is 73.7 Å². The lowest BCUT2D eigenvalue weighted by Gasteiger charge is -2.31. The van der Waals surface area contributed by atoms with Gasteiger partial charge < -0.3 is 10.1 Å². The van der Waals surface area contributed by atoms with E-state index in [9.17, 15) is 13.2 Å². The number of carbonyl (C=O) groups is 1. The number of anilines is 1. The SMILES string of the molecule is C[C@@H](C(=O)N[C@@H]1CCCc2ccccc21)N(c1ccc(Oc2ccccc2)cc1)S(C)(=O)=O. The molecule has 1 N–H and O–H groups in total. The van der Waals surface area contributed by atoms with Gasteiger partial charge in [0.05, 0.1) is 18.0 Å². The molecular weight excluding hydrogens is 436 g/mol. The van der Waals surface area contributed by atoms with E-state index in [1.807, 2.05) is 48.5 Å². The standard InChI is InChI=1S/C26H28N2O4S/c1-19(26(29)27-25-14-8-10-20-9-6-7-13-24(20)25)28(33(2,30)31)21-15-17-23(18-16-21)32-22-11-4-3-5-12-22/h3-7,9,11-13,15-19,25H,8,10,14H2,1-2H3,(H,27,29)/t19-,25+/m0/s1. The minimum atomic E-state index is -3.70. The van der Waals surface area contributed by atoms with Crippen molar-refractivity contribution >= 4 is 21.6 Å². The van der Waals surface area contributed by atoms with Crippen molar-refractivity contribution in [1.29, 1.82) is 0 Å². The van der Waals surface area contributed by atoms with E-state index in [0.29, 0.717) is 17.2 Å². The quantitative estimate of drug-likeness (QED) is 0.544. The van der Waals surface area contributed by atoms with Crippen LogP contribution in [0.5, 0.6) is 11.5 Å². The van der Waals surface area contributed by atoms with Crippen LogP contribution in [0, 0.1) is 0 Å². The maximum absolute atomic E-state index is 13.1. The Hall–Kier alpha value is -3.32. The molecule has 4 rings (SSSR count). The first kappa shape index (κ1) is 22.9. The van der Waals surface area contributed by atoms with Crippen molar-refractivity contribution in [1.82, 2.24) is 5.32 Å². The van der Waals surface area contributed by atoms with Crippen LogP contribution >= 0.6 is 0 Å². The Bertz CT molecular complexity index is 1210. The van der Waals surface area contributed by atoms with Gasteiger partial charge in [-0.25, -0.2) is 8.42 Å². The van der Waals surface area contributed by atoms with Crippen molar-refractivity contribution in [3.8, 4) is 11.5 Å². The molecule has 1 aliphatic rings. The Morgan fingerprint density at radius 2 is 1.61 bits per heavy atom. The van der Waals surface area contributed by atoms with E-state index < -0.39 is 16.1 Å². The third kappa shape index (κ3) is 5.37. The third-order valence-electron chi connectivity index (χ3n) is 5.84. The van der Waals surface area contributed by atoms with Crippen LogP contribution in [0.15, 0.2) is 78.9 Å². The lowest BCUT2D eigenvalue weighted by molar-refractivity contribution is -0.122. The highest BCUT2D eigenvalue weighted by atomic mass is 32.2. The molecule has 0 unspecified atom stereocenters. The number of amides is 1. The summed E-state index contributed by atoms with van der Waals surface area (Å²) in [6.07, 6.45) is 3.92. The van der Waals surface area contributed by atoms with Gasteiger partial charge in [0.15, 0.2) is 0 Å². The Kier molecular flexibility index (Phi) is 6.70. The number of nitrogens with one attached hydrogen (secondary N) is 1. The zero-order chi connectivity index (χ0) is 23.4. The molecule has 6 nitrogen and oxygen atoms in total. The molecule has 3 aromatic rings. The van der Waals surface area contributed by atoms with Gasteiger partial charge in [-0.2, -0.15) is 0 Å². The molecule has 33 heavy (non-hydrogen) atoms. The third-order valence-corrected chi connectivity index (χ3v) is 7.09. The number of aryl methyl sites for hydroxylation is 1. The van der Waals surface area contributed by atoms with Crippen molar-refractivity contribution in [2.24, 2.45) is 0 Å². The smallest absolute Gasteiger partial charge is 0.244 e. The summed E-state index contributed by atoms with van der Waals surface area (Å²) in [7, 11) is -3.70. The van der Waals surface area contributed by atoms with Crippen LogP contribution in [0.3, 0.4) is 0 Å². The highest BCUT2D eigenvalue weighted by Crippen LogP contribution is 2.31. The van der Waals surface area contributed by atoms with Crippen LogP contribution < -0.4 is 14.4 Å². The van der Waals surface area contributed by atoms with Crippen LogP contribution in [0.25, 0.3) is 0 Å². The molecule has 0 saturated carbocycles. The van der Waals surface area contributed by atoms with E-state index >= 15 is 0 Å². The Balaban J connectivity index is 1.52. The largest absolute Gasteiger partial charge is 0.457 e. The Morgan fingerprint density at radius 1 is 0.970 bits per heavy atom. The van der Waals surface area contributed by atoms with Gasteiger partial charge in [0.1, 0.15) is 17.5 Å². The second-order valence-corrected chi connectivity index (χ2v) is 10.2. The van der Waals surface area contributed by atoms with Crippen molar-refractivity contribution in [3.63, 3.8) is 0 Å². The van der Waals surface area contributed by atoms with E-state index in [-0.39, 0.29) is 11.9 Å². The molecule has 0 aliphatic heterocycles. The number of benzene rings is 3. The average Bonchev–Trinajstić information content (AvgIpc) is 2.80. The summed E-state index contributed by atoms with van der Waals surface area (Å²) in [6.45, 7) is 1.61. The van der Waals surface area contributed by atoms with Crippen molar-refractivity contribution in [3.05, 3.63) is 90.0 Å². The molecule has 0 fully saturated rings. The molecule has 0 spiro atoms. The second-order valence-electron chi connectivity index (χ2n) is 8.30. The first-order chi connectivity index (χ1) is 15.8. The maximum atomic E-state index is 13.1. The summed E-state index contributed by atoms with van der Waals surface area (Å²) in [5, 5.41) is 3.07. The predicted molar refractivity (Wildman–Crippen MR) is 130 cm³/mol. The highest BCUT2D eigenvalue weighted by molar-refractivity contribution is 7.92. The highest BCUT2D eigenvalue weighted by Gasteiger charge is 2.31. The van der Waals surface area contributed by atoms with E-state index in [4.69, 9.17) is 4.74 Å². The van der Waals surface area contributed by atoms with Crippen molar-refractivity contribution < 1.29 is 17.9 Å². The van der Waals surface area contributed by atoms with Gasteiger partial charge in [0, 0.05) is 0 Å². The van der Waals surface area contributed by atoms with Gasteiger partial charge in [-0.15, -0.1) is 0 Å². The molecule has 0 aromatic heterocycles. The lowest BCUT2D eigenvalue weighted by atomic mass is 9.87. The molecule has 0 bridgehead atoms. The van der Waals surface area contributed by atoms with Gasteiger partial charge in [-0.1, -0.05) is 42.5 Å². The summed E-state index contributed by atoms with van der Waals surface area (Å²) in [5.41, 5.74) is 2.75. The zero-order valence-electron chi connectivity index (χ0n) is 18.8. The number of sulfonamides is 1. The minimum Gasteiger partial charge on any atom is -0.457 e. The minimum absolute atomic E-state index is 0.118. The zero-order valence-corrected chi connectivity index (χ0v) is 19.6. The average molecular weight is 465 g/mol. The predicted octanol–water partition coefficient (Wildman–Crippen LogP) is 4.83. The molecule has 0 saturated heterocycles.